The number of anilines is 1. The number of nitrogens with two attached hydrogens (primary N) is 1. The maximum Gasteiger partial charge on any atom is 0.136 e. The first-order chi connectivity index (χ1) is 6.72. The summed E-state index contributed by atoms with van der Waals surface area (Å²) in [4.78, 5) is 11.4. The Kier molecular flexibility index (Phi) is 1.37. The van der Waals surface area contributed by atoms with E-state index in [-0.39, 0.29) is 5.41 Å². The summed E-state index contributed by atoms with van der Waals surface area (Å²) in [7, 11) is 0. The summed E-state index contributed by atoms with van der Waals surface area (Å²) in [5.41, 5.74) is 8.02. The second-order valence-corrected chi connectivity index (χ2v) is 4.50. The average Bonchev–Trinajstić information content (AvgIpc) is 2.83. The van der Waals surface area contributed by atoms with Gasteiger partial charge in [0.2, 0.25) is 0 Å². The lowest BCUT2D eigenvalue weighted by Crippen LogP contribution is -2.05. The van der Waals surface area contributed by atoms with Crippen LogP contribution in [0, 0.1) is 5.92 Å². The van der Waals surface area contributed by atoms with Crippen LogP contribution < -0.4 is 5.73 Å². The molecule has 0 saturated heterocycles. The van der Waals surface area contributed by atoms with Crippen molar-refractivity contribution in [1.29, 1.82) is 0 Å². The molecule has 1 aromatic carbocycles. The molecule has 0 amide bonds. The van der Waals surface area contributed by atoms with Crippen LogP contribution in [0.5, 0.6) is 0 Å². The number of hydrogen-bond donors (Lipinski definition) is 1. The van der Waals surface area contributed by atoms with Gasteiger partial charge in [-0.3, -0.25) is 4.79 Å². The smallest absolute Gasteiger partial charge is 0.136 e. The van der Waals surface area contributed by atoms with Crippen molar-refractivity contribution < 1.29 is 4.79 Å². The molecule has 2 aliphatic rings. The van der Waals surface area contributed by atoms with E-state index in [0.29, 0.717) is 11.7 Å². The van der Waals surface area contributed by atoms with Gasteiger partial charge in [-0.2, -0.15) is 0 Å². The molecule has 0 radical (unpaired) electrons. The van der Waals surface area contributed by atoms with Gasteiger partial charge >= 0.3 is 0 Å². The van der Waals surface area contributed by atoms with Crippen molar-refractivity contribution in [3.8, 4) is 0 Å². The third kappa shape index (κ3) is 0.884. The Balaban J connectivity index is 2.01. The molecule has 14 heavy (non-hydrogen) atoms. The molecular weight excluding hydrogens is 174 g/mol. The molecule has 72 valence electrons. The molecule has 2 N–H and O–H groups in total. The lowest BCUT2D eigenvalue weighted by atomic mass is 9.93. The number of carbonyl (C=O) groups excluding carboxylic acids is 1. The second-order valence-electron chi connectivity index (χ2n) is 4.50. The Hall–Kier alpha value is -1.31. The summed E-state index contributed by atoms with van der Waals surface area (Å²) in [5, 5.41) is 0. The van der Waals surface area contributed by atoms with E-state index in [2.05, 4.69) is 6.07 Å². The van der Waals surface area contributed by atoms with Crippen LogP contribution in [0.15, 0.2) is 24.3 Å². The molecule has 2 aliphatic carbocycles. The van der Waals surface area contributed by atoms with Gasteiger partial charge in [-0.05, 0) is 30.5 Å². The lowest BCUT2D eigenvalue weighted by molar-refractivity contribution is -0.119. The largest absolute Gasteiger partial charge is 0.399 e. The fraction of sp³-hybridized carbons (Fsp3) is 0.417. The first kappa shape index (κ1) is 8.04. The van der Waals surface area contributed by atoms with E-state index in [1.54, 1.807) is 0 Å². The minimum Gasteiger partial charge on any atom is -0.399 e. The van der Waals surface area contributed by atoms with Gasteiger partial charge in [0.25, 0.3) is 0 Å². The zero-order valence-corrected chi connectivity index (χ0v) is 7.99. The molecule has 3 rings (SSSR count). The highest BCUT2D eigenvalue weighted by Crippen LogP contribution is 2.62. The summed E-state index contributed by atoms with van der Waals surface area (Å²) < 4.78 is 0. The van der Waals surface area contributed by atoms with Crippen molar-refractivity contribution in [2.45, 2.75) is 24.7 Å². The summed E-state index contributed by atoms with van der Waals surface area (Å²) in [6, 6.07) is 8.01. The standard InChI is InChI=1S/C12H13NO/c13-9-3-1-2-8(6-9)12-5-4-11(14)10(12)7-12/h1-3,6,10H,4-5,7,13H2/t10-,12-/m1/s1. The van der Waals surface area contributed by atoms with Gasteiger partial charge in [0.15, 0.2) is 0 Å². The molecular formula is C12H13NO. The molecule has 2 fully saturated rings. The zero-order chi connectivity index (χ0) is 9.76. The van der Waals surface area contributed by atoms with E-state index in [0.717, 1.165) is 24.9 Å². The predicted octanol–water partition coefficient (Wildman–Crippen LogP) is 1.89. The van der Waals surface area contributed by atoms with Crippen LogP contribution in [-0.4, -0.2) is 5.78 Å². The Morgan fingerprint density at radius 3 is 2.86 bits per heavy atom. The second kappa shape index (κ2) is 2.38. The highest BCUT2D eigenvalue weighted by Gasteiger charge is 2.62. The number of rotatable bonds is 1. The fourth-order valence-electron chi connectivity index (χ4n) is 2.84. The highest BCUT2D eigenvalue weighted by atomic mass is 16.1. The van der Waals surface area contributed by atoms with E-state index in [1.807, 2.05) is 18.2 Å². The van der Waals surface area contributed by atoms with Crippen LogP contribution in [0.2, 0.25) is 0 Å². The molecule has 0 heterocycles. The maximum absolute atomic E-state index is 11.4. The fourth-order valence-corrected chi connectivity index (χ4v) is 2.84. The first-order valence-corrected chi connectivity index (χ1v) is 5.11. The molecule has 2 atom stereocenters. The van der Waals surface area contributed by atoms with Gasteiger partial charge in [-0.15, -0.1) is 0 Å². The molecule has 0 aliphatic heterocycles. The number of carbonyl (C=O) groups is 1. The Labute approximate surface area is 83.1 Å². The van der Waals surface area contributed by atoms with Gasteiger partial charge in [0.05, 0.1) is 0 Å². The third-order valence-corrected chi connectivity index (χ3v) is 3.74. The van der Waals surface area contributed by atoms with E-state index in [9.17, 15) is 4.79 Å². The van der Waals surface area contributed by atoms with Gasteiger partial charge < -0.3 is 5.73 Å². The van der Waals surface area contributed by atoms with Crippen molar-refractivity contribution >= 4 is 11.5 Å². The normalized spacial score (nSPS) is 34.3. The number of Topliss-reactive ketones (excluding diaryl/α,β-unsaturated/α-hetero) is 1. The third-order valence-electron chi connectivity index (χ3n) is 3.74. The highest BCUT2D eigenvalue weighted by molar-refractivity contribution is 5.89. The Morgan fingerprint density at radius 2 is 2.29 bits per heavy atom. The monoisotopic (exact) mass is 187 g/mol. The van der Waals surface area contributed by atoms with Crippen molar-refractivity contribution in [3.63, 3.8) is 0 Å². The molecule has 0 bridgehead atoms. The quantitative estimate of drug-likeness (QED) is 0.682. The number of benzene rings is 1. The number of hydrogen-bond acceptors (Lipinski definition) is 2. The van der Waals surface area contributed by atoms with Crippen LogP contribution in [-0.2, 0) is 10.2 Å². The SMILES string of the molecule is Nc1cccc([C@]23CCC(=O)[C@H]2C3)c1. The van der Waals surface area contributed by atoms with Crippen LogP contribution in [0.3, 0.4) is 0 Å². The molecule has 2 nitrogen and oxygen atoms in total. The van der Waals surface area contributed by atoms with Gasteiger partial charge in [0, 0.05) is 23.4 Å². The number of ketones is 1. The molecule has 1 aromatic rings. The van der Waals surface area contributed by atoms with Crippen LogP contribution in [0.1, 0.15) is 24.8 Å². The lowest BCUT2D eigenvalue weighted by Gasteiger charge is -2.11. The molecule has 2 saturated carbocycles. The van der Waals surface area contributed by atoms with Gasteiger partial charge in [0.1, 0.15) is 5.78 Å². The van der Waals surface area contributed by atoms with Crippen LogP contribution in [0.4, 0.5) is 5.69 Å². The minimum atomic E-state index is 0.187. The van der Waals surface area contributed by atoms with Crippen molar-refractivity contribution in [3.05, 3.63) is 29.8 Å². The molecule has 0 aromatic heterocycles. The first-order valence-electron chi connectivity index (χ1n) is 5.11. The maximum atomic E-state index is 11.4. The summed E-state index contributed by atoms with van der Waals surface area (Å²) in [5.74, 6) is 0.761. The van der Waals surface area contributed by atoms with Crippen LogP contribution in [0.25, 0.3) is 0 Å². The van der Waals surface area contributed by atoms with Gasteiger partial charge in [-0.1, -0.05) is 12.1 Å². The number of fused-ring (bicyclic) bond motifs is 1. The summed E-state index contributed by atoms with van der Waals surface area (Å²) in [6.07, 6.45) is 2.84. The van der Waals surface area contributed by atoms with Gasteiger partial charge in [-0.25, -0.2) is 0 Å². The Morgan fingerprint density at radius 1 is 1.43 bits per heavy atom. The number of nitrogen functional groups attached to an aromatic ring is 1. The van der Waals surface area contributed by atoms with Crippen LogP contribution >= 0.6 is 0 Å². The molecule has 0 spiro atoms. The average molecular weight is 187 g/mol. The topological polar surface area (TPSA) is 43.1 Å². The van der Waals surface area contributed by atoms with Crippen molar-refractivity contribution in [2.24, 2.45) is 5.92 Å². The molecule has 0 unspecified atom stereocenters. The Bertz CT molecular complexity index is 413. The van der Waals surface area contributed by atoms with E-state index in [4.69, 9.17) is 5.73 Å². The summed E-state index contributed by atoms with van der Waals surface area (Å²) in [6.45, 7) is 0. The molecule has 2 heteroatoms. The predicted molar refractivity (Wildman–Crippen MR) is 54.9 cm³/mol. The van der Waals surface area contributed by atoms with E-state index < -0.39 is 0 Å². The zero-order valence-electron chi connectivity index (χ0n) is 7.99. The van der Waals surface area contributed by atoms with Crippen molar-refractivity contribution in [1.82, 2.24) is 0 Å². The van der Waals surface area contributed by atoms with Crippen molar-refractivity contribution in [2.75, 3.05) is 5.73 Å². The van der Waals surface area contributed by atoms with E-state index >= 15 is 0 Å². The summed E-state index contributed by atoms with van der Waals surface area (Å²) >= 11 is 0. The minimum absolute atomic E-state index is 0.187. The van der Waals surface area contributed by atoms with E-state index in [1.165, 1.54) is 5.56 Å².